The maximum Gasteiger partial charge on any atom is 0.409 e. The number of ether oxygens (including phenoxy) is 1. The molecule has 0 atom stereocenters. The van der Waals surface area contributed by atoms with Crippen LogP contribution in [0, 0.1) is 0 Å². The van der Waals surface area contributed by atoms with Gasteiger partial charge in [-0.05, 0) is 44.2 Å². The minimum Gasteiger partial charge on any atom is -0.453 e. The van der Waals surface area contributed by atoms with Crippen molar-refractivity contribution in [2.75, 3.05) is 39.0 Å². The number of unbranched alkanes of at least 4 members (excludes halogenated alkanes) is 1. The van der Waals surface area contributed by atoms with Crippen molar-refractivity contribution >= 4 is 27.1 Å². The van der Waals surface area contributed by atoms with Crippen molar-refractivity contribution in [2.45, 2.75) is 57.5 Å². The number of methoxy groups -OCH3 is 1. The first kappa shape index (κ1) is 23.8. The maximum atomic E-state index is 13.4. The highest BCUT2D eigenvalue weighted by Gasteiger charge is 2.32. The van der Waals surface area contributed by atoms with Crippen LogP contribution in [0.3, 0.4) is 0 Å². The highest BCUT2D eigenvalue weighted by atomic mass is 32.2. The van der Waals surface area contributed by atoms with E-state index in [4.69, 9.17) is 4.74 Å². The topological polar surface area (TPSA) is 93.9 Å². The Balaban J connectivity index is 1.51. The van der Waals surface area contributed by atoms with Crippen LogP contribution in [-0.4, -0.2) is 77.9 Å². The minimum atomic E-state index is -3.71. The molecule has 0 N–H and O–H groups in total. The molecule has 182 valence electrons. The Morgan fingerprint density at radius 1 is 1.00 bits per heavy atom. The zero-order valence-corrected chi connectivity index (χ0v) is 20.3. The van der Waals surface area contributed by atoms with Crippen molar-refractivity contribution in [1.29, 1.82) is 0 Å². The molecule has 2 aromatic rings. The molecular weight excluding hydrogens is 444 g/mol. The summed E-state index contributed by atoms with van der Waals surface area (Å²) in [6, 6.07) is 7.58. The molecular formula is C23H34N4O5S. The molecule has 2 aliphatic rings. The zero-order chi connectivity index (χ0) is 23.6. The van der Waals surface area contributed by atoms with Gasteiger partial charge in [-0.1, -0.05) is 25.5 Å². The largest absolute Gasteiger partial charge is 0.453 e. The molecule has 2 aliphatic heterocycles. The minimum absolute atomic E-state index is 0.0276. The van der Waals surface area contributed by atoms with Gasteiger partial charge in [-0.2, -0.15) is 3.97 Å². The Morgan fingerprint density at radius 2 is 1.61 bits per heavy atom. The standard InChI is InChI=1S/C23H34N4O5S/c1-3-4-17-33(30,31)27-21-8-6-5-7-20(21)26(22(27)28)19-11-13-24(14-12-19)18-9-15-25(16-10-18)23(29)32-2/h5-8,18-19H,3-4,9-17H2,1-2H3. The molecule has 4 rings (SSSR count). The van der Waals surface area contributed by atoms with E-state index in [0.29, 0.717) is 36.6 Å². The molecule has 0 radical (unpaired) electrons. The van der Waals surface area contributed by atoms with Crippen LogP contribution in [0.15, 0.2) is 29.1 Å². The molecule has 2 fully saturated rings. The number of carbonyl (C=O) groups is 1. The van der Waals surface area contributed by atoms with Crippen molar-refractivity contribution < 1.29 is 17.9 Å². The van der Waals surface area contributed by atoms with Gasteiger partial charge in [0.1, 0.15) is 0 Å². The zero-order valence-electron chi connectivity index (χ0n) is 19.5. The Morgan fingerprint density at radius 3 is 2.21 bits per heavy atom. The van der Waals surface area contributed by atoms with Gasteiger partial charge in [0.15, 0.2) is 0 Å². The number of aromatic nitrogens is 2. The van der Waals surface area contributed by atoms with Gasteiger partial charge in [0.2, 0.25) is 10.0 Å². The molecule has 2 saturated heterocycles. The van der Waals surface area contributed by atoms with Crippen LogP contribution in [0.2, 0.25) is 0 Å². The number of piperidine rings is 2. The summed E-state index contributed by atoms with van der Waals surface area (Å²) in [7, 11) is -2.30. The van der Waals surface area contributed by atoms with E-state index in [1.165, 1.54) is 7.11 Å². The SMILES string of the molecule is CCCCS(=O)(=O)n1c(=O)n(C2CCN(C3CCN(C(=O)OC)CC3)CC2)c2ccccc21. The number of hydrogen-bond acceptors (Lipinski definition) is 6. The lowest BCUT2D eigenvalue weighted by Gasteiger charge is -2.41. The molecule has 1 aromatic carbocycles. The lowest BCUT2D eigenvalue weighted by molar-refractivity contribution is 0.0686. The molecule has 10 heteroatoms. The van der Waals surface area contributed by atoms with Gasteiger partial charge >= 0.3 is 11.8 Å². The van der Waals surface area contributed by atoms with Crippen LogP contribution >= 0.6 is 0 Å². The third kappa shape index (κ3) is 4.68. The van der Waals surface area contributed by atoms with Crippen LogP contribution in [0.4, 0.5) is 4.79 Å². The first-order chi connectivity index (χ1) is 15.9. The van der Waals surface area contributed by atoms with Crippen molar-refractivity contribution in [3.63, 3.8) is 0 Å². The summed E-state index contributed by atoms with van der Waals surface area (Å²) in [6.07, 6.45) is 4.42. The van der Waals surface area contributed by atoms with Crippen molar-refractivity contribution in [2.24, 2.45) is 0 Å². The number of imidazole rings is 1. The highest BCUT2D eigenvalue weighted by Crippen LogP contribution is 2.29. The Hall–Kier alpha value is -2.33. The van der Waals surface area contributed by atoms with Gasteiger partial charge in [-0.15, -0.1) is 0 Å². The molecule has 0 saturated carbocycles. The average Bonchev–Trinajstić information content (AvgIpc) is 3.15. The first-order valence-corrected chi connectivity index (χ1v) is 13.5. The fraction of sp³-hybridized carbons (Fsp3) is 0.652. The summed E-state index contributed by atoms with van der Waals surface area (Å²) in [5, 5.41) is 0. The Bertz CT molecular complexity index is 1140. The van der Waals surface area contributed by atoms with Crippen molar-refractivity contribution in [3.05, 3.63) is 34.7 Å². The number of benzene rings is 1. The third-order valence-electron chi connectivity index (χ3n) is 7.05. The fourth-order valence-electron chi connectivity index (χ4n) is 5.24. The maximum absolute atomic E-state index is 13.4. The molecule has 3 heterocycles. The molecule has 9 nitrogen and oxygen atoms in total. The second-order valence-electron chi connectivity index (χ2n) is 9.03. The van der Waals surface area contributed by atoms with Gasteiger partial charge in [-0.25, -0.2) is 18.0 Å². The Kier molecular flexibility index (Phi) is 7.13. The number of hydrogen-bond donors (Lipinski definition) is 0. The van der Waals surface area contributed by atoms with E-state index in [0.717, 1.165) is 49.2 Å². The summed E-state index contributed by atoms with van der Waals surface area (Å²) in [4.78, 5) is 29.3. The van der Waals surface area contributed by atoms with Crippen molar-refractivity contribution in [3.8, 4) is 0 Å². The van der Waals surface area contributed by atoms with E-state index in [-0.39, 0.29) is 17.9 Å². The fourth-order valence-corrected chi connectivity index (χ4v) is 6.85. The number of fused-ring (bicyclic) bond motifs is 1. The number of nitrogens with zero attached hydrogens (tertiary/aromatic N) is 4. The molecule has 0 unspecified atom stereocenters. The van der Waals surface area contributed by atoms with Gasteiger partial charge in [-0.3, -0.25) is 4.57 Å². The summed E-state index contributed by atoms with van der Waals surface area (Å²) in [5.41, 5.74) is 0.709. The van der Waals surface area contributed by atoms with Crippen molar-refractivity contribution in [1.82, 2.24) is 18.3 Å². The second kappa shape index (κ2) is 9.89. The van der Waals surface area contributed by atoms with E-state index >= 15 is 0 Å². The van der Waals surface area contributed by atoms with Gasteiger partial charge in [0.25, 0.3) is 0 Å². The number of amides is 1. The molecule has 1 aromatic heterocycles. The molecule has 33 heavy (non-hydrogen) atoms. The van der Waals surface area contributed by atoms with E-state index in [1.807, 2.05) is 19.1 Å². The monoisotopic (exact) mass is 478 g/mol. The molecule has 1 amide bonds. The van der Waals surface area contributed by atoms with Crippen LogP contribution in [0.5, 0.6) is 0 Å². The van der Waals surface area contributed by atoms with Crippen LogP contribution < -0.4 is 5.69 Å². The van der Waals surface area contributed by atoms with E-state index in [1.54, 1.807) is 21.6 Å². The van der Waals surface area contributed by atoms with E-state index in [2.05, 4.69) is 4.90 Å². The summed E-state index contributed by atoms with van der Waals surface area (Å²) < 4.78 is 33.5. The predicted molar refractivity (Wildman–Crippen MR) is 127 cm³/mol. The molecule has 0 spiro atoms. The number of rotatable bonds is 6. The third-order valence-corrected chi connectivity index (χ3v) is 8.77. The molecule has 0 bridgehead atoms. The normalized spacial score (nSPS) is 19.3. The number of carbonyl (C=O) groups excluding carboxylic acids is 1. The quantitative estimate of drug-likeness (QED) is 0.634. The summed E-state index contributed by atoms with van der Waals surface area (Å²) >= 11 is 0. The van der Waals surface area contributed by atoms with Gasteiger partial charge in [0.05, 0.1) is 23.9 Å². The summed E-state index contributed by atoms with van der Waals surface area (Å²) in [6.45, 7) is 5.03. The molecule has 0 aliphatic carbocycles. The van der Waals surface area contributed by atoms with E-state index < -0.39 is 15.7 Å². The van der Waals surface area contributed by atoms with E-state index in [9.17, 15) is 18.0 Å². The highest BCUT2D eigenvalue weighted by molar-refractivity contribution is 7.90. The van der Waals surface area contributed by atoms with Crippen LogP contribution in [0.25, 0.3) is 11.0 Å². The smallest absolute Gasteiger partial charge is 0.409 e. The summed E-state index contributed by atoms with van der Waals surface area (Å²) in [5.74, 6) is -0.0276. The lowest BCUT2D eigenvalue weighted by Crippen LogP contribution is -2.49. The lowest BCUT2D eigenvalue weighted by atomic mass is 9.97. The number of para-hydroxylation sites is 2. The second-order valence-corrected chi connectivity index (χ2v) is 11.0. The number of likely N-dealkylation sites (tertiary alicyclic amines) is 2. The van der Waals surface area contributed by atoms with Gasteiger partial charge < -0.3 is 14.5 Å². The van der Waals surface area contributed by atoms with Gasteiger partial charge in [0, 0.05) is 38.3 Å². The first-order valence-electron chi connectivity index (χ1n) is 11.9. The van der Waals surface area contributed by atoms with Crippen LogP contribution in [0.1, 0.15) is 51.5 Å². The average molecular weight is 479 g/mol. The van der Waals surface area contributed by atoms with Crippen LogP contribution in [-0.2, 0) is 14.8 Å². The Labute approximate surface area is 195 Å². The predicted octanol–water partition coefficient (Wildman–Crippen LogP) is 2.65.